The first-order valence-corrected chi connectivity index (χ1v) is 5.27. The summed E-state index contributed by atoms with van der Waals surface area (Å²) in [4.78, 5) is 17.8. The van der Waals surface area contributed by atoms with Gasteiger partial charge in [-0.2, -0.15) is 4.98 Å². The second-order valence-electron chi connectivity index (χ2n) is 3.36. The predicted molar refractivity (Wildman–Crippen MR) is 62.3 cm³/mol. The van der Waals surface area contributed by atoms with Crippen molar-refractivity contribution in [2.75, 3.05) is 5.32 Å². The number of pyridine rings is 1. The molecule has 9 heteroatoms. The molecule has 8 nitrogen and oxygen atoms in total. The standard InChI is InChI=1S/C9H8ClN5O3/c1-5-13-8(14-18-5)4-12-9-7(10)2-6(3-11-9)15(16)17/h2-3H,4H2,1H3,(H,11,12). The molecule has 0 aliphatic heterocycles. The van der Waals surface area contributed by atoms with Crippen LogP contribution in [0.3, 0.4) is 0 Å². The highest BCUT2D eigenvalue weighted by Gasteiger charge is 2.11. The van der Waals surface area contributed by atoms with Gasteiger partial charge in [0.25, 0.3) is 5.69 Å². The first-order valence-electron chi connectivity index (χ1n) is 4.89. The van der Waals surface area contributed by atoms with Gasteiger partial charge in [-0.25, -0.2) is 4.98 Å². The van der Waals surface area contributed by atoms with Gasteiger partial charge in [0, 0.05) is 13.0 Å². The molecule has 0 aromatic carbocycles. The molecule has 2 aromatic rings. The number of hydrogen-bond donors (Lipinski definition) is 1. The lowest BCUT2D eigenvalue weighted by molar-refractivity contribution is -0.385. The minimum absolute atomic E-state index is 0.157. The van der Waals surface area contributed by atoms with Crippen LogP contribution >= 0.6 is 11.6 Å². The molecule has 0 aliphatic rings. The number of rotatable bonds is 4. The first-order chi connectivity index (χ1) is 8.56. The fourth-order valence-electron chi connectivity index (χ4n) is 1.23. The van der Waals surface area contributed by atoms with E-state index in [0.29, 0.717) is 17.5 Å². The quantitative estimate of drug-likeness (QED) is 0.667. The van der Waals surface area contributed by atoms with E-state index in [4.69, 9.17) is 16.1 Å². The van der Waals surface area contributed by atoms with Crippen LogP contribution in [-0.2, 0) is 6.54 Å². The van der Waals surface area contributed by atoms with Crippen LogP contribution in [0.1, 0.15) is 11.7 Å². The molecule has 94 valence electrons. The van der Waals surface area contributed by atoms with Crippen LogP contribution in [0.25, 0.3) is 0 Å². The molecule has 0 bridgehead atoms. The number of aromatic nitrogens is 3. The molecule has 1 N–H and O–H groups in total. The summed E-state index contributed by atoms with van der Waals surface area (Å²) in [5.74, 6) is 1.22. The molecule has 0 unspecified atom stereocenters. The Morgan fingerprint density at radius 1 is 1.61 bits per heavy atom. The summed E-state index contributed by atoms with van der Waals surface area (Å²) in [6.45, 7) is 1.94. The van der Waals surface area contributed by atoms with E-state index < -0.39 is 4.92 Å². The number of nitro groups is 1. The van der Waals surface area contributed by atoms with Gasteiger partial charge in [0.2, 0.25) is 5.89 Å². The smallest absolute Gasteiger partial charge is 0.289 e. The lowest BCUT2D eigenvalue weighted by Crippen LogP contribution is -2.04. The van der Waals surface area contributed by atoms with Crippen LogP contribution in [0.2, 0.25) is 5.02 Å². The normalized spacial score (nSPS) is 10.3. The Morgan fingerprint density at radius 3 is 2.94 bits per heavy atom. The second kappa shape index (κ2) is 4.96. The molecule has 0 fully saturated rings. The Bertz CT molecular complexity index is 585. The molecule has 0 aliphatic carbocycles. The van der Waals surface area contributed by atoms with Crippen LogP contribution in [0.5, 0.6) is 0 Å². The number of aryl methyl sites for hydroxylation is 1. The highest BCUT2D eigenvalue weighted by molar-refractivity contribution is 6.33. The van der Waals surface area contributed by atoms with Crippen molar-refractivity contribution in [2.24, 2.45) is 0 Å². The Hall–Kier alpha value is -2.22. The van der Waals surface area contributed by atoms with E-state index in [1.807, 2.05) is 0 Å². The highest BCUT2D eigenvalue weighted by Crippen LogP contribution is 2.23. The van der Waals surface area contributed by atoms with Gasteiger partial charge in [-0.05, 0) is 0 Å². The van der Waals surface area contributed by atoms with E-state index in [1.165, 1.54) is 6.07 Å². The summed E-state index contributed by atoms with van der Waals surface area (Å²) in [7, 11) is 0. The van der Waals surface area contributed by atoms with Crippen molar-refractivity contribution in [3.05, 3.63) is 39.1 Å². The fourth-order valence-corrected chi connectivity index (χ4v) is 1.46. The van der Waals surface area contributed by atoms with E-state index in [-0.39, 0.29) is 17.3 Å². The monoisotopic (exact) mass is 269 g/mol. The molecule has 2 rings (SSSR count). The average Bonchev–Trinajstić information content (AvgIpc) is 2.73. The van der Waals surface area contributed by atoms with E-state index >= 15 is 0 Å². The molecular formula is C9H8ClN5O3. The van der Waals surface area contributed by atoms with Gasteiger partial charge in [0.15, 0.2) is 5.82 Å². The number of halogens is 1. The predicted octanol–water partition coefficient (Wildman–Crippen LogP) is 1.95. The maximum atomic E-state index is 10.5. The molecule has 0 saturated carbocycles. The van der Waals surface area contributed by atoms with Crippen molar-refractivity contribution in [3.8, 4) is 0 Å². The molecule has 0 atom stereocenters. The first kappa shape index (κ1) is 12.2. The third kappa shape index (κ3) is 2.72. The van der Waals surface area contributed by atoms with Crippen LogP contribution in [0.4, 0.5) is 11.5 Å². The van der Waals surface area contributed by atoms with E-state index in [0.717, 1.165) is 6.20 Å². The van der Waals surface area contributed by atoms with Crippen molar-refractivity contribution >= 4 is 23.1 Å². The number of hydrogen-bond acceptors (Lipinski definition) is 7. The molecule has 0 radical (unpaired) electrons. The van der Waals surface area contributed by atoms with Gasteiger partial charge < -0.3 is 9.84 Å². The maximum absolute atomic E-state index is 10.5. The third-order valence-corrected chi connectivity index (χ3v) is 2.31. The van der Waals surface area contributed by atoms with E-state index in [1.54, 1.807) is 6.92 Å². The van der Waals surface area contributed by atoms with Gasteiger partial charge in [-0.15, -0.1) is 0 Å². The molecule has 0 amide bonds. The van der Waals surface area contributed by atoms with Crippen LogP contribution in [0, 0.1) is 17.0 Å². The summed E-state index contributed by atoms with van der Waals surface area (Å²) in [5, 5.41) is 17.2. The minimum Gasteiger partial charge on any atom is -0.361 e. The zero-order chi connectivity index (χ0) is 13.1. The molecule has 0 spiro atoms. The molecule has 2 aromatic heterocycles. The molecule has 2 heterocycles. The summed E-state index contributed by atoms with van der Waals surface area (Å²) in [6, 6.07) is 1.22. The van der Waals surface area contributed by atoms with E-state index in [2.05, 4.69) is 20.4 Å². The van der Waals surface area contributed by atoms with Crippen LogP contribution < -0.4 is 5.32 Å². The van der Waals surface area contributed by atoms with Gasteiger partial charge in [0.1, 0.15) is 12.0 Å². The molecular weight excluding hydrogens is 262 g/mol. The summed E-state index contributed by atoms with van der Waals surface area (Å²) < 4.78 is 4.79. The maximum Gasteiger partial charge on any atom is 0.289 e. The SMILES string of the molecule is Cc1nc(CNc2ncc([N+](=O)[O-])cc2Cl)no1. The summed E-state index contributed by atoms with van der Waals surface area (Å²) >= 11 is 5.85. The highest BCUT2D eigenvalue weighted by atomic mass is 35.5. The lowest BCUT2D eigenvalue weighted by Gasteiger charge is -2.04. The van der Waals surface area contributed by atoms with Crippen molar-refractivity contribution in [2.45, 2.75) is 13.5 Å². The second-order valence-corrected chi connectivity index (χ2v) is 3.77. The largest absolute Gasteiger partial charge is 0.361 e. The van der Waals surface area contributed by atoms with Crippen molar-refractivity contribution in [3.63, 3.8) is 0 Å². The molecule has 18 heavy (non-hydrogen) atoms. The topological polar surface area (TPSA) is 107 Å². The van der Waals surface area contributed by atoms with Crippen LogP contribution in [-0.4, -0.2) is 20.0 Å². The number of anilines is 1. The van der Waals surface area contributed by atoms with Crippen molar-refractivity contribution in [1.29, 1.82) is 0 Å². The zero-order valence-corrected chi connectivity index (χ0v) is 10.0. The van der Waals surface area contributed by atoms with Gasteiger partial charge >= 0.3 is 0 Å². The Kier molecular flexibility index (Phi) is 3.38. The van der Waals surface area contributed by atoms with Crippen molar-refractivity contribution in [1.82, 2.24) is 15.1 Å². The third-order valence-electron chi connectivity index (χ3n) is 2.02. The number of nitrogens with zero attached hydrogens (tertiary/aromatic N) is 4. The average molecular weight is 270 g/mol. The van der Waals surface area contributed by atoms with E-state index in [9.17, 15) is 10.1 Å². The Morgan fingerprint density at radius 2 is 2.39 bits per heavy atom. The van der Waals surface area contributed by atoms with Gasteiger partial charge in [-0.3, -0.25) is 10.1 Å². The lowest BCUT2D eigenvalue weighted by atomic mass is 10.4. The summed E-state index contributed by atoms with van der Waals surface area (Å²) in [5.41, 5.74) is -0.166. The fraction of sp³-hybridized carbons (Fsp3) is 0.222. The number of nitrogens with one attached hydrogen (secondary N) is 1. The minimum atomic E-state index is -0.564. The zero-order valence-electron chi connectivity index (χ0n) is 9.25. The summed E-state index contributed by atoms with van der Waals surface area (Å²) in [6.07, 6.45) is 1.12. The van der Waals surface area contributed by atoms with Gasteiger partial charge in [-0.1, -0.05) is 16.8 Å². The van der Waals surface area contributed by atoms with Gasteiger partial charge in [0.05, 0.1) is 16.5 Å². The Labute approximate surface area is 106 Å². The molecule has 0 saturated heterocycles. The van der Waals surface area contributed by atoms with Crippen LogP contribution in [0.15, 0.2) is 16.8 Å². The van der Waals surface area contributed by atoms with Crippen molar-refractivity contribution < 1.29 is 9.45 Å². The Balaban J connectivity index is 2.08.